The largest absolute Gasteiger partial charge is 0.497 e. The molecular weight excluding hydrogens is 741 g/mol. The Labute approximate surface area is 324 Å². The normalized spacial score (nSPS) is 23.8. The van der Waals surface area contributed by atoms with E-state index in [1.807, 2.05) is 37.3 Å². The Morgan fingerprint density at radius 3 is 1.93 bits per heavy atom. The fraction of sp³-hybridized carbons (Fsp3) is 0.317. The summed E-state index contributed by atoms with van der Waals surface area (Å²) in [7, 11) is -2.48. The third-order valence-electron chi connectivity index (χ3n) is 10.1. The van der Waals surface area contributed by atoms with E-state index in [9.17, 15) is 29.0 Å². The molecular formula is C41H46N3O11P. The zero-order valence-corrected chi connectivity index (χ0v) is 32.1. The summed E-state index contributed by atoms with van der Waals surface area (Å²) in [5.41, 5.74) is 5.08. The molecule has 4 aromatic carbocycles. The fourth-order valence-corrected chi connectivity index (χ4v) is 8.05. The van der Waals surface area contributed by atoms with Gasteiger partial charge >= 0.3 is 13.6 Å². The molecule has 0 aliphatic carbocycles. The van der Waals surface area contributed by atoms with Crippen LogP contribution in [0.2, 0.25) is 0 Å². The average molecular weight is 788 g/mol. The van der Waals surface area contributed by atoms with Gasteiger partial charge in [-0.15, -0.1) is 0 Å². The number of nitrogens with one attached hydrogen (secondary N) is 1. The lowest BCUT2D eigenvalue weighted by Gasteiger charge is -2.39. The van der Waals surface area contributed by atoms with E-state index in [1.54, 1.807) is 93.1 Å². The van der Waals surface area contributed by atoms with Crippen molar-refractivity contribution in [3.63, 3.8) is 0 Å². The maximum absolute atomic E-state index is 13.8. The number of unbranched alkanes of at least 4 members (excludes halogenated alkanes) is 1. The Morgan fingerprint density at radius 2 is 1.43 bits per heavy atom. The third kappa shape index (κ3) is 7.62. The van der Waals surface area contributed by atoms with E-state index in [-0.39, 0.29) is 12.2 Å². The highest BCUT2D eigenvalue weighted by Crippen LogP contribution is 2.59. The van der Waals surface area contributed by atoms with Crippen LogP contribution >= 0.6 is 7.60 Å². The van der Waals surface area contributed by atoms with Crippen LogP contribution in [-0.4, -0.2) is 88.5 Å². The van der Waals surface area contributed by atoms with Crippen molar-refractivity contribution in [3.8, 4) is 11.5 Å². The molecule has 4 aromatic rings. The Kier molecular flexibility index (Phi) is 12.1. The zero-order valence-electron chi connectivity index (χ0n) is 31.2. The van der Waals surface area contributed by atoms with Crippen LogP contribution in [0.25, 0.3) is 0 Å². The van der Waals surface area contributed by atoms with Crippen LogP contribution in [0.3, 0.4) is 0 Å². The molecule has 14 nitrogen and oxygen atoms in total. The van der Waals surface area contributed by atoms with E-state index in [0.29, 0.717) is 41.0 Å². The topological polar surface area (TPSA) is 199 Å². The molecule has 2 aliphatic rings. The van der Waals surface area contributed by atoms with Crippen molar-refractivity contribution in [2.45, 2.75) is 54.8 Å². The van der Waals surface area contributed by atoms with Gasteiger partial charge in [0.25, 0.3) is 0 Å². The molecule has 2 heterocycles. The molecule has 1 saturated heterocycles. The molecule has 56 heavy (non-hydrogen) atoms. The summed E-state index contributed by atoms with van der Waals surface area (Å²) in [6, 6.07) is 30.6. The minimum Gasteiger partial charge on any atom is -0.497 e. The van der Waals surface area contributed by atoms with Crippen molar-refractivity contribution < 1.29 is 52.7 Å². The highest BCUT2D eigenvalue weighted by molar-refractivity contribution is 7.53. The molecule has 0 spiro atoms. The molecule has 296 valence electrons. The molecule has 1 unspecified atom stereocenters. The number of rotatable bonds is 16. The number of carbonyl (C=O) groups excluding carboxylic acids is 2. The first-order valence-electron chi connectivity index (χ1n) is 18.0. The van der Waals surface area contributed by atoms with Crippen LogP contribution in [0, 0.1) is 0 Å². The van der Waals surface area contributed by atoms with Crippen LogP contribution in [0.1, 0.15) is 46.8 Å². The molecule has 0 saturated carbocycles. The number of ether oxygens (including phenoxy) is 5. The van der Waals surface area contributed by atoms with E-state index in [2.05, 4.69) is 5.32 Å². The highest BCUT2D eigenvalue weighted by atomic mass is 31.2. The van der Waals surface area contributed by atoms with Crippen LogP contribution in [0.5, 0.6) is 11.5 Å². The summed E-state index contributed by atoms with van der Waals surface area (Å²) in [5, 5.41) is 11.8. The van der Waals surface area contributed by atoms with Gasteiger partial charge in [0.15, 0.2) is 11.9 Å². The molecule has 0 aromatic heterocycles. The number of hydrogen-bond donors (Lipinski definition) is 5. The predicted molar refractivity (Wildman–Crippen MR) is 206 cm³/mol. The van der Waals surface area contributed by atoms with Gasteiger partial charge in [-0.1, -0.05) is 98.3 Å². The molecule has 15 heteroatoms. The number of benzene rings is 4. The first-order valence-corrected chi connectivity index (χ1v) is 19.7. The van der Waals surface area contributed by atoms with Gasteiger partial charge in [-0.25, -0.2) is 4.79 Å². The Balaban J connectivity index is 1.43. The SMILES string of the molecule is CCCCO[C@H]1[C@H](N2C=CC(N)(C(=O)c3ccccc3)NC2=O)O[C@H](COC(c2ccccc2)(c2ccc(OC)cc2)c2ccc(OC)cc2)[C@]1(O)P(=O)(O)O. The van der Waals surface area contributed by atoms with Crippen LogP contribution in [-0.2, 0) is 24.4 Å². The van der Waals surface area contributed by atoms with Crippen molar-refractivity contribution in [3.05, 3.63) is 144 Å². The van der Waals surface area contributed by atoms with Gasteiger partial charge in [0.2, 0.25) is 11.1 Å². The van der Waals surface area contributed by atoms with Gasteiger partial charge in [-0.2, -0.15) is 0 Å². The number of carbonyl (C=O) groups is 2. The van der Waals surface area contributed by atoms with Gasteiger partial charge < -0.3 is 43.9 Å². The summed E-state index contributed by atoms with van der Waals surface area (Å²) in [6.45, 7) is 1.24. The first kappa shape index (κ1) is 40.8. The number of ketones is 1. The monoisotopic (exact) mass is 787 g/mol. The zero-order chi connectivity index (χ0) is 40.1. The summed E-state index contributed by atoms with van der Waals surface area (Å²) in [5.74, 6) is 0.558. The number of hydrogen-bond acceptors (Lipinski definition) is 10. The molecule has 0 radical (unpaired) electrons. The number of Topliss-reactive ketones (excluding diaryl/α,β-unsaturated/α-hetero) is 1. The Morgan fingerprint density at radius 1 is 0.893 bits per heavy atom. The molecule has 2 amide bonds. The van der Waals surface area contributed by atoms with Crippen LogP contribution < -0.4 is 20.5 Å². The second kappa shape index (κ2) is 16.7. The number of amides is 2. The van der Waals surface area contributed by atoms with E-state index in [4.69, 9.17) is 29.4 Å². The quantitative estimate of drug-likeness (QED) is 0.0448. The second-order valence-corrected chi connectivity index (χ2v) is 15.3. The van der Waals surface area contributed by atoms with Gasteiger partial charge in [-0.05, 0) is 53.5 Å². The summed E-state index contributed by atoms with van der Waals surface area (Å²) in [6.07, 6.45) is -1.63. The number of urea groups is 1. The predicted octanol–water partition coefficient (Wildman–Crippen LogP) is 4.87. The van der Waals surface area contributed by atoms with Gasteiger partial charge in [0, 0.05) is 18.4 Å². The maximum Gasteiger partial charge on any atom is 0.362 e. The lowest BCUT2D eigenvalue weighted by Crippen LogP contribution is -2.66. The number of aliphatic hydroxyl groups is 1. The average Bonchev–Trinajstić information content (AvgIpc) is 3.50. The lowest BCUT2D eigenvalue weighted by molar-refractivity contribution is -0.108. The minimum atomic E-state index is -5.56. The van der Waals surface area contributed by atoms with Crippen molar-refractivity contribution in [1.29, 1.82) is 0 Å². The van der Waals surface area contributed by atoms with Crippen LogP contribution in [0.4, 0.5) is 4.79 Å². The molecule has 2 aliphatic heterocycles. The van der Waals surface area contributed by atoms with E-state index in [1.165, 1.54) is 12.3 Å². The molecule has 0 bridgehead atoms. The van der Waals surface area contributed by atoms with Crippen molar-refractivity contribution in [1.82, 2.24) is 10.2 Å². The molecule has 1 fully saturated rings. The van der Waals surface area contributed by atoms with Crippen molar-refractivity contribution in [2.24, 2.45) is 5.73 Å². The van der Waals surface area contributed by atoms with Crippen molar-refractivity contribution >= 4 is 19.4 Å². The Hall–Kier alpha value is -4.89. The van der Waals surface area contributed by atoms with Gasteiger partial charge in [0.1, 0.15) is 29.3 Å². The summed E-state index contributed by atoms with van der Waals surface area (Å²) in [4.78, 5) is 50.1. The Bertz CT molecular complexity index is 2000. The number of nitrogens with zero attached hydrogens (tertiary/aromatic N) is 1. The lowest BCUT2D eigenvalue weighted by atomic mass is 9.80. The van der Waals surface area contributed by atoms with E-state index >= 15 is 0 Å². The number of nitrogens with two attached hydrogens (primary N) is 1. The fourth-order valence-electron chi connectivity index (χ4n) is 7.00. The second-order valence-electron chi connectivity index (χ2n) is 13.5. The smallest absolute Gasteiger partial charge is 0.362 e. The minimum absolute atomic E-state index is 0.0327. The molecule has 6 rings (SSSR count). The molecule has 6 N–H and O–H groups in total. The first-order chi connectivity index (χ1) is 26.8. The maximum atomic E-state index is 13.8. The molecule has 5 atom stereocenters. The van der Waals surface area contributed by atoms with E-state index in [0.717, 1.165) is 4.90 Å². The standard InChI is InChI=1S/C41H46N3O11P/c1-4-5-26-53-36-37(44-25-24-39(42,43-38(44)46)35(45)28-12-8-6-9-13-28)55-34(41(36,47)56(48,49)50)27-54-40(29-14-10-7-11-15-29,30-16-20-32(51-2)21-17-30)31-18-22-33(52-3)23-19-31/h6-25,34,36-37,47H,4-5,26-27,42H2,1-3H3,(H,43,46)(H2,48,49,50)/t34-,36+,37-,39?,41+/m1/s1. The third-order valence-corrected chi connectivity index (χ3v) is 11.5. The summed E-state index contributed by atoms with van der Waals surface area (Å²) >= 11 is 0. The van der Waals surface area contributed by atoms with Crippen LogP contribution in [0.15, 0.2) is 121 Å². The summed E-state index contributed by atoms with van der Waals surface area (Å²) < 4.78 is 43.6. The van der Waals surface area contributed by atoms with Gasteiger partial charge in [-0.3, -0.25) is 20.0 Å². The number of methoxy groups -OCH3 is 2. The van der Waals surface area contributed by atoms with E-state index < -0.39 is 61.1 Å². The highest BCUT2D eigenvalue weighted by Gasteiger charge is 2.68. The van der Waals surface area contributed by atoms with Crippen molar-refractivity contribution in [2.75, 3.05) is 27.4 Å². The van der Waals surface area contributed by atoms with Gasteiger partial charge in [0.05, 0.1) is 20.8 Å².